The predicted octanol–water partition coefficient (Wildman–Crippen LogP) is 1.59. The van der Waals surface area contributed by atoms with Crippen LogP contribution in [0.15, 0.2) is 0 Å². The smallest absolute Gasteiger partial charge is 0.0443 e. The summed E-state index contributed by atoms with van der Waals surface area (Å²) in [4.78, 5) is 0. The largest absolute Gasteiger partial charge is 0.299 e. The third-order valence-corrected chi connectivity index (χ3v) is 3.48. The van der Waals surface area contributed by atoms with E-state index in [0.29, 0.717) is 11.5 Å². The molecule has 0 bridgehead atoms. The highest BCUT2D eigenvalue weighted by atomic mass is 32.3. The van der Waals surface area contributed by atoms with Crippen molar-refractivity contribution in [2.45, 2.75) is 6.92 Å². The molecule has 1 aliphatic heterocycles. The minimum Gasteiger partial charge on any atom is -0.299 e. The van der Waals surface area contributed by atoms with Crippen LogP contribution in [0.3, 0.4) is 0 Å². The molecule has 0 atom stereocenters. The number of hydrogen-bond acceptors (Lipinski definition) is 2. The molecular weight excluding hydrogens is 124 g/mol. The second kappa shape index (κ2) is 1.40. The molecular formula is C5H11O2S. The molecule has 1 rings (SSSR count). The van der Waals surface area contributed by atoms with E-state index < -0.39 is 10.6 Å². The van der Waals surface area contributed by atoms with Gasteiger partial charge in [-0.1, -0.05) is 6.92 Å². The summed E-state index contributed by atoms with van der Waals surface area (Å²) in [5.74, 6) is 0.972. The van der Waals surface area contributed by atoms with E-state index in [2.05, 4.69) is 6.92 Å². The highest BCUT2D eigenvalue weighted by Gasteiger charge is 2.40. The second-order valence-electron chi connectivity index (χ2n) is 2.90. The van der Waals surface area contributed by atoms with Crippen molar-refractivity contribution in [1.29, 1.82) is 0 Å². The normalized spacial score (nSPS) is 35.5. The standard InChI is InChI=1S/C5H11O2S/c1-5(2)3-8(6,7)4-5/h6-7H,1,3-4H2,2H3. The number of rotatable bonds is 0. The topological polar surface area (TPSA) is 40.5 Å². The van der Waals surface area contributed by atoms with Crippen LogP contribution in [-0.4, -0.2) is 20.6 Å². The van der Waals surface area contributed by atoms with Crippen molar-refractivity contribution in [3.05, 3.63) is 6.92 Å². The first-order chi connectivity index (χ1) is 3.41. The van der Waals surface area contributed by atoms with Crippen LogP contribution in [-0.2, 0) is 0 Å². The first-order valence-electron chi connectivity index (χ1n) is 2.50. The Morgan fingerprint density at radius 1 is 1.50 bits per heavy atom. The van der Waals surface area contributed by atoms with Gasteiger partial charge in [-0.25, -0.2) is 0 Å². The fourth-order valence-corrected chi connectivity index (χ4v) is 3.22. The van der Waals surface area contributed by atoms with Crippen molar-refractivity contribution in [2.24, 2.45) is 5.41 Å². The highest BCUT2D eigenvalue weighted by Crippen LogP contribution is 2.57. The van der Waals surface area contributed by atoms with Crippen LogP contribution in [0.4, 0.5) is 0 Å². The van der Waals surface area contributed by atoms with E-state index in [9.17, 15) is 0 Å². The van der Waals surface area contributed by atoms with Gasteiger partial charge in [0.15, 0.2) is 0 Å². The molecule has 8 heavy (non-hydrogen) atoms. The maximum Gasteiger partial charge on any atom is 0.0443 e. The van der Waals surface area contributed by atoms with Crippen LogP contribution in [0.5, 0.6) is 0 Å². The minimum atomic E-state index is -2.15. The molecule has 1 saturated heterocycles. The van der Waals surface area contributed by atoms with E-state index in [1.807, 2.05) is 6.92 Å². The van der Waals surface area contributed by atoms with Gasteiger partial charge in [0.2, 0.25) is 0 Å². The molecule has 3 heteroatoms. The lowest BCUT2D eigenvalue weighted by atomic mass is 9.99. The van der Waals surface area contributed by atoms with Crippen LogP contribution in [0.2, 0.25) is 0 Å². The van der Waals surface area contributed by atoms with Crippen LogP contribution in [0.1, 0.15) is 6.92 Å². The second-order valence-corrected chi connectivity index (χ2v) is 5.08. The van der Waals surface area contributed by atoms with Crippen LogP contribution < -0.4 is 0 Å². The zero-order valence-corrected chi connectivity index (χ0v) is 5.74. The summed E-state index contributed by atoms with van der Waals surface area (Å²) in [6.45, 7) is 5.71. The molecule has 0 unspecified atom stereocenters. The summed E-state index contributed by atoms with van der Waals surface area (Å²) in [5, 5.41) is 0. The summed E-state index contributed by atoms with van der Waals surface area (Å²) in [5.41, 5.74) is -0.0567. The minimum absolute atomic E-state index is 0.0567. The maximum absolute atomic E-state index is 8.85. The van der Waals surface area contributed by atoms with Gasteiger partial charge in [0.05, 0.1) is 0 Å². The Morgan fingerprint density at radius 3 is 1.88 bits per heavy atom. The SMILES string of the molecule is [CH2]C1(C)CS(O)(O)C1. The quantitative estimate of drug-likeness (QED) is 0.529. The molecule has 49 valence electrons. The molecule has 2 N–H and O–H groups in total. The van der Waals surface area contributed by atoms with E-state index in [-0.39, 0.29) is 5.41 Å². The van der Waals surface area contributed by atoms with Gasteiger partial charge in [-0.15, -0.1) is 0 Å². The Hall–Kier alpha value is 0.270. The monoisotopic (exact) mass is 135 g/mol. The Morgan fingerprint density at radius 2 is 1.88 bits per heavy atom. The van der Waals surface area contributed by atoms with Gasteiger partial charge >= 0.3 is 0 Å². The van der Waals surface area contributed by atoms with E-state index in [4.69, 9.17) is 9.11 Å². The lowest BCUT2D eigenvalue weighted by Crippen LogP contribution is -2.40. The molecule has 0 aromatic heterocycles. The van der Waals surface area contributed by atoms with Crippen LogP contribution >= 0.6 is 10.6 Å². The molecule has 0 amide bonds. The van der Waals surface area contributed by atoms with Crippen LogP contribution in [0.25, 0.3) is 0 Å². The zero-order chi connectivity index (χ0) is 6.41. The Kier molecular flexibility index (Phi) is 1.12. The van der Waals surface area contributed by atoms with Crippen molar-refractivity contribution in [3.8, 4) is 0 Å². The highest BCUT2D eigenvalue weighted by molar-refractivity contribution is 8.25. The Bertz CT molecular complexity index is 87.0. The van der Waals surface area contributed by atoms with E-state index in [1.165, 1.54) is 0 Å². The third-order valence-electron chi connectivity index (χ3n) is 1.16. The van der Waals surface area contributed by atoms with Gasteiger partial charge in [-0.2, -0.15) is 10.6 Å². The third kappa shape index (κ3) is 1.16. The van der Waals surface area contributed by atoms with E-state index in [0.717, 1.165) is 0 Å². The fourth-order valence-electron chi connectivity index (χ4n) is 1.07. The summed E-state index contributed by atoms with van der Waals surface area (Å²) in [6, 6.07) is 0. The lowest BCUT2D eigenvalue weighted by molar-refractivity contribution is 0.384. The molecule has 0 spiro atoms. The Balaban J connectivity index is 2.42. The molecule has 1 radical (unpaired) electrons. The maximum atomic E-state index is 8.85. The molecule has 1 aliphatic rings. The van der Waals surface area contributed by atoms with Gasteiger partial charge in [-0.05, 0) is 6.92 Å². The average molecular weight is 135 g/mol. The van der Waals surface area contributed by atoms with Crippen molar-refractivity contribution in [1.82, 2.24) is 0 Å². The summed E-state index contributed by atoms with van der Waals surface area (Å²) in [7, 11) is -2.15. The van der Waals surface area contributed by atoms with E-state index in [1.54, 1.807) is 0 Å². The molecule has 1 heterocycles. The molecule has 0 aromatic carbocycles. The van der Waals surface area contributed by atoms with Crippen molar-refractivity contribution < 1.29 is 9.11 Å². The van der Waals surface area contributed by atoms with Crippen molar-refractivity contribution in [3.63, 3.8) is 0 Å². The van der Waals surface area contributed by atoms with Gasteiger partial charge in [0, 0.05) is 16.9 Å². The molecule has 0 saturated carbocycles. The molecule has 1 fully saturated rings. The molecule has 0 aromatic rings. The summed E-state index contributed by atoms with van der Waals surface area (Å²) < 4.78 is 17.7. The van der Waals surface area contributed by atoms with Gasteiger partial charge in [0.25, 0.3) is 0 Å². The Labute approximate surface area is 51.3 Å². The summed E-state index contributed by atoms with van der Waals surface area (Å²) >= 11 is 0. The summed E-state index contributed by atoms with van der Waals surface area (Å²) in [6.07, 6.45) is 0. The molecule has 0 aliphatic carbocycles. The first-order valence-corrected chi connectivity index (χ1v) is 4.39. The number of hydrogen-bond donors (Lipinski definition) is 2. The van der Waals surface area contributed by atoms with Crippen molar-refractivity contribution in [2.75, 3.05) is 11.5 Å². The van der Waals surface area contributed by atoms with Crippen LogP contribution in [0, 0.1) is 12.3 Å². The van der Waals surface area contributed by atoms with Gasteiger partial charge < -0.3 is 0 Å². The predicted molar refractivity (Wildman–Crippen MR) is 36.0 cm³/mol. The lowest BCUT2D eigenvalue weighted by Gasteiger charge is -2.52. The fraction of sp³-hybridized carbons (Fsp3) is 0.800. The zero-order valence-electron chi connectivity index (χ0n) is 4.92. The first kappa shape index (κ1) is 6.39. The van der Waals surface area contributed by atoms with Crippen molar-refractivity contribution >= 4 is 10.6 Å². The van der Waals surface area contributed by atoms with Gasteiger partial charge in [0.1, 0.15) is 0 Å². The van der Waals surface area contributed by atoms with E-state index >= 15 is 0 Å². The van der Waals surface area contributed by atoms with Gasteiger partial charge in [-0.3, -0.25) is 9.11 Å². The molecule has 2 nitrogen and oxygen atoms in total. The average Bonchev–Trinajstić information content (AvgIpc) is 1.20.